The summed E-state index contributed by atoms with van der Waals surface area (Å²) in [5.41, 5.74) is 2.08. The summed E-state index contributed by atoms with van der Waals surface area (Å²) in [5, 5.41) is 8.56. The zero-order chi connectivity index (χ0) is 20.7. The van der Waals surface area contributed by atoms with Crippen LogP contribution in [-0.4, -0.2) is 44.6 Å². The number of carbonyl (C=O) groups excluding carboxylic acids is 2. The quantitative estimate of drug-likeness (QED) is 0.656. The van der Waals surface area contributed by atoms with Gasteiger partial charge in [0.05, 0.1) is 23.9 Å². The normalized spacial score (nSPS) is 11.6. The predicted molar refractivity (Wildman–Crippen MR) is 112 cm³/mol. The van der Waals surface area contributed by atoms with Crippen molar-refractivity contribution in [1.29, 1.82) is 0 Å². The van der Waals surface area contributed by atoms with Gasteiger partial charge in [0.1, 0.15) is 5.75 Å². The van der Waals surface area contributed by atoms with Gasteiger partial charge in [-0.25, -0.2) is 4.79 Å². The molecule has 1 unspecified atom stereocenters. The molecule has 2 aromatic carbocycles. The van der Waals surface area contributed by atoms with Crippen molar-refractivity contribution in [2.45, 2.75) is 13.0 Å². The van der Waals surface area contributed by atoms with Crippen LogP contribution < -0.4 is 20.7 Å². The summed E-state index contributed by atoms with van der Waals surface area (Å²) in [6.45, 7) is 1.82. The molecule has 3 N–H and O–H groups in total. The molecule has 0 aliphatic carbocycles. The first-order chi connectivity index (χ1) is 13.3. The molecule has 2 rings (SSSR count). The number of benzene rings is 2. The van der Waals surface area contributed by atoms with Gasteiger partial charge in [-0.15, -0.1) is 0 Å². The summed E-state index contributed by atoms with van der Waals surface area (Å²) in [4.78, 5) is 25.4. The summed E-state index contributed by atoms with van der Waals surface area (Å²) in [5.74, 6) is 0.590. The zero-order valence-electron chi connectivity index (χ0n) is 16.4. The Hall–Kier alpha value is -2.77. The highest BCUT2D eigenvalue weighted by Crippen LogP contribution is 2.26. The SMILES string of the molecule is COc1ccc(C(CNC(=O)Nc2ccc(NC(C)=O)cc2Cl)N(C)C)cc1. The number of ether oxygens (including phenoxy) is 1. The molecule has 0 fully saturated rings. The Morgan fingerprint density at radius 2 is 1.79 bits per heavy atom. The van der Waals surface area contributed by atoms with Crippen LogP contribution in [0.25, 0.3) is 0 Å². The number of hydrogen-bond donors (Lipinski definition) is 3. The van der Waals surface area contributed by atoms with Crippen molar-refractivity contribution < 1.29 is 14.3 Å². The molecule has 28 heavy (non-hydrogen) atoms. The lowest BCUT2D eigenvalue weighted by molar-refractivity contribution is -0.114. The van der Waals surface area contributed by atoms with Gasteiger partial charge in [-0.2, -0.15) is 0 Å². The average molecular weight is 405 g/mol. The Bertz CT molecular complexity index is 825. The van der Waals surface area contributed by atoms with Crippen LogP contribution in [0.2, 0.25) is 5.02 Å². The molecule has 0 aromatic heterocycles. The van der Waals surface area contributed by atoms with E-state index in [0.29, 0.717) is 22.9 Å². The highest BCUT2D eigenvalue weighted by Gasteiger charge is 2.16. The molecule has 0 saturated carbocycles. The lowest BCUT2D eigenvalue weighted by Crippen LogP contribution is -2.36. The first kappa shape index (κ1) is 21.5. The minimum Gasteiger partial charge on any atom is -0.497 e. The van der Waals surface area contributed by atoms with Gasteiger partial charge < -0.3 is 25.6 Å². The summed E-state index contributed by atoms with van der Waals surface area (Å²) >= 11 is 6.18. The monoisotopic (exact) mass is 404 g/mol. The number of nitrogens with zero attached hydrogens (tertiary/aromatic N) is 1. The molecule has 3 amide bonds. The van der Waals surface area contributed by atoms with Crippen LogP contribution in [0.3, 0.4) is 0 Å². The van der Waals surface area contributed by atoms with E-state index in [9.17, 15) is 9.59 Å². The van der Waals surface area contributed by atoms with Crippen molar-refractivity contribution in [2.75, 3.05) is 38.4 Å². The molecule has 0 aliphatic heterocycles. The summed E-state index contributed by atoms with van der Waals surface area (Å²) in [6, 6.07) is 12.2. The fourth-order valence-electron chi connectivity index (χ4n) is 2.68. The minimum atomic E-state index is -0.366. The highest BCUT2D eigenvalue weighted by molar-refractivity contribution is 6.34. The van der Waals surface area contributed by atoms with E-state index >= 15 is 0 Å². The van der Waals surface area contributed by atoms with Gasteiger partial charge in [0.15, 0.2) is 0 Å². The van der Waals surface area contributed by atoms with Gasteiger partial charge in [0, 0.05) is 19.2 Å². The minimum absolute atomic E-state index is 0.00530. The smallest absolute Gasteiger partial charge is 0.319 e. The third-order valence-electron chi connectivity index (χ3n) is 4.12. The number of likely N-dealkylation sites (N-methyl/N-ethyl adjacent to an activating group) is 1. The van der Waals surface area contributed by atoms with Crippen LogP contribution >= 0.6 is 11.6 Å². The first-order valence-corrected chi connectivity index (χ1v) is 9.10. The van der Waals surface area contributed by atoms with Crippen molar-refractivity contribution in [2.24, 2.45) is 0 Å². The second-order valence-electron chi connectivity index (χ2n) is 6.46. The van der Waals surface area contributed by atoms with E-state index in [-0.39, 0.29) is 18.0 Å². The van der Waals surface area contributed by atoms with Gasteiger partial charge in [0.2, 0.25) is 5.91 Å². The van der Waals surface area contributed by atoms with Gasteiger partial charge in [-0.05, 0) is 50.0 Å². The van der Waals surface area contributed by atoms with E-state index in [4.69, 9.17) is 16.3 Å². The van der Waals surface area contributed by atoms with Crippen molar-refractivity contribution >= 4 is 34.9 Å². The van der Waals surface area contributed by atoms with E-state index in [0.717, 1.165) is 11.3 Å². The summed E-state index contributed by atoms with van der Waals surface area (Å²) < 4.78 is 5.19. The predicted octanol–water partition coefficient (Wildman–Crippen LogP) is 3.73. The number of urea groups is 1. The lowest BCUT2D eigenvalue weighted by atomic mass is 10.1. The average Bonchev–Trinajstić information content (AvgIpc) is 2.64. The second-order valence-corrected chi connectivity index (χ2v) is 6.87. The molecular weight excluding hydrogens is 380 g/mol. The Labute approximate surface area is 170 Å². The fourth-order valence-corrected chi connectivity index (χ4v) is 2.91. The van der Waals surface area contributed by atoms with Crippen molar-refractivity contribution in [3.8, 4) is 5.75 Å². The Balaban J connectivity index is 1.98. The van der Waals surface area contributed by atoms with E-state index < -0.39 is 0 Å². The van der Waals surface area contributed by atoms with Gasteiger partial charge >= 0.3 is 6.03 Å². The zero-order valence-corrected chi connectivity index (χ0v) is 17.1. The van der Waals surface area contributed by atoms with Crippen molar-refractivity contribution in [3.63, 3.8) is 0 Å². The molecular formula is C20H25ClN4O3. The maximum absolute atomic E-state index is 12.3. The van der Waals surface area contributed by atoms with Crippen molar-refractivity contribution in [1.82, 2.24) is 10.2 Å². The van der Waals surface area contributed by atoms with Gasteiger partial charge in [-0.3, -0.25) is 4.79 Å². The fraction of sp³-hybridized carbons (Fsp3) is 0.300. The topological polar surface area (TPSA) is 82.7 Å². The molecule has 1 atom stereocenters. The Kier molecular flexibility index (Phi) is 7.66. The van der Waals surface area contributed by atoms with Crippen LogP contribution in [0.15, 0.2) is 42.5 Å². The van der Waals surface area contributed by atoms with Gasteiger partial charge in [-0.1, -0.05) is 23.7 Å². The number of nitrogens with one attached hydrogen (secondary N) is 3. The van der Waals surface area contributed by atoms with E-state index in [2.05, 4.69) is 16.0 Å². The number of methoxy groups -OCH3 is 1. The number of anilines is 2. The third kappa shape index (κ3) is 6.14. The van der Waals surface area contributed by atoms with Crippen LogP contribution in [-0.2, 0) is 4.79 Å². The molecule has 2 aromatic rings. The number of hydrogen-bond acceptors (Lipinski definition) is 4. The largest absolute Gasteiger partial charge is 0.497 e. The summed E-state index contributed by atoms with van der Waals surface area (Å²) in [6.07, 6.45) is 0. The van der Waals surface area contributed by atoms with Crippen molar-refractivity contribution in [3.05, 3.63) is 53.1 Å². The molecule has 0 spiro atoms. The molecule has 0 bridgehead atoms. The molecule has 0 heterocycles. The molecule has 8 heteroatoms. The number of rotatable bonds is 7. The maximum Gasteiger partial charge on any atom is 0.319 e. The highest BCUT2D eigenvalue weighted by atomic mass is 35.5. The molecule has 150 valence electrons. The van der Waals surface area contributed by atoms with Crippen LogP contribution in [0.1, 0.15) is 18.5 Å². The Morgan fingerprint density at radius 3 is 2.32 bits per heavy atom. The standard InChI is InChI=1S/C20H25ClN4O3/c1-13(26)23-15-7-10-18(17(21)11-15)24-20(27)22-12-19(25(2)3)14-5-8-16(28-4)9-6-14/h5-11,19H,12H2,1-4H3,(H,23,26)(H2,22,24,27). The number of carbonyl (C=O) groups is 2. The number of halogens is 1. The third-order valence-corrected chi connectivity index (χ3v) is 4.43. The van der Waals surface area contributed by atoms with Crippen LogP contribution in [0.5, 0.6) is 5.75 Å². The molecule has 7 nitrogen and oxygen atoms in total. The maximum atomic E-state index is 12.3. The molecule has 0 aliphatic rings. The van der Waals surface area contributed by atoms with E-state index in [1.165, 1.54) is 6.92 Å². The second kappa shape index (κ2) is 9.96. The van der Waals surface area contributed by atoms with Crippen LogP contribution in [0, 0.1) is 0 Å². The van der Waals surface area contributed by atoms with Gasteiger partial charge in [0.25, 0.3) is 0 Å². The van der Waals surface area contributed by atoms with E-state index in [1.54, 1.807) is 25.3 Å². The first-order valence-electron chi connectivity index (χ1n) is 8.72. The molecule has 0 radical (unpaired) electrons. The Morgan fingerprint density at radius 1 is 1.11 bits per heavy atom. The summed E-state index contributed by atoms with van der Waals surface area (Å²) in [7, 11) is 5.52. The lowest BCUT2D eigenvalue weighted by Gasteiger charge is -2.25. The van der Waals surface area contributed by atoms with E-state index in [1.807, 2.05) is 43.3 Å². The molecule has 0 saturated heterocycles. The number of amides is 3. The van der Waals surface area contributed by atoms with Crippen LogP contribution in [0.4, 0.5) is 16.2 Å².